The van der Waals surface area contributed by atoms with Crippen molar-refractivity contribution in [1.82, 2.24) is 0 Å². The van der Waals surface area contributed by atoms with Crippen LogP contribution in [-0.4, -0.2) is 23.4 Å². The average Bonchev–Trinajstić information content (AvgIpc) is 2.65. The number of nitro groups is 1. The quantitative estimate of drug-likeness (QED) is 0.401. The van der Waals surface area contributed by atoms with Crippen LogP contribution in [0.1, 0.15) is 35.3 Å². The van der Waals surface area contributed by atoms with Crippen molar-refractivity contribution >= 4 is 23.3 Å². The first-order valence-electron chi connectivity index (χ1n) is 8.45. The van der Waals surface area contributed by atoms with E-state index in [4.69, 9.17) is 4.74 Å². The van der Waals surface area contributed by atoms with Crippen molar-refractivity contribution in [2.24, 2.45) is 0 Å². The van der Waals surface area contributed by atoms with Crippen LogP contribution in [0.2, 0.25) is 0 Å². The minimum absolute atomic E-state index is 0.0561. The number of alkyl halides is 3. The molecule has 0 atom stereocenters. The van der Waals surface area contributed by atoms with Crippen molar-refractivity contribution < 1.29 is 32.4 Å². The number of halogens is 3. The van der Waals surface area contributed by atoms with E-state index in [-0.39, 0.29) is 23.4 Å². The molecule has 0 aliphatic carbocycles. The van der Waals surface area contributed by atoms with Gasteiger partial charge in [-0.15, -0.1) is 0 Å². The van der Waals surface area contributed by atoms with Crippen molar-refractivity contribution in [2.45, 2.75) is 26.6 Å². The first kappa shape index (κ1) is 21.9. The molecule has 10 heteroatoms. The van der Waals surface area contributed by atoms with Crippen LogP contribution >= 0.6 is 0 Å². The number of hydrogen-bond acceptors (Lipinski definition) is 5. The topological polar surface area (TPSA) is 89.8 Å². The Morgan fingerprint density at radius 1 is 1.17 bits per heavy atom. The number of ether oxygens (including phenoxy) is 1. The molecule has 0 bridgehead atoms. The molecule has 2 aromatic rings. The highest BCUT2D eigenvalue weighted by atomic mass is 19.4. The van der Waals surface area contributed by atoms with Gasteiger partial charge in [-0.1, -0.05) is 18.2 Å². The Balaban J connectivity index is 2.59. The summed E-state index contributed by atoms with van der Waals surface area (Å²) in [6, 6.07) is 7.83. The van der Waals surface area contributed by atoms with Gasteiger partial charge in [0.25, 0.3) is 5.69 Å². The molecule has 0 saturated heterocycles. The summed E-state index contributed by atoms with van der Waals surface area (Å²) in [4.78, 5) is 35.6. The first-order chi connectivity index (χ1) is 13.6. The van der Waals surface area contributed by atoms with E-state index in [1.807, 2.05) is 0 Å². The van der Waals surface area contributed by atoms with Crippen LogP contribution in [-0.2, 0) is 22.3 Å². The van der Waals surface area contributed by atoms with Gasteiger partial charge < -0.3 is 9.64 Å². The second-order valence-corrected chi connectivity index (χ2v) is 5.94. The molecule has 0 heterocycles. The Morgan fingerprint density at radius 3 is 2.38 bits per heavy atom. The standard InChI is InChI=1S/C19H17F3N2O5/c1-3-29-18(26)13-8-9-16(24(27)28)17(10-13)23(12(2)25)11-14-6-4-5-7-15(14)19(20,21)22/h4-10H,3,11H2,1-2H3. The van der Waals surface area contributed by atoms with Crippen LogP contribution in [0.3, 0.4) is 0 Å². The number of benzene rings is 2. The third-order valence-electron chi connectivity index (χ3n) is 4.01. The highest BCUT2D eigenvalue weighted by molar-refractivity contribution is 5.97. The summed E-state index contributed by atoms with van der Waals surface area (Å²) in [6.45, 7) is 2.12. The van der Waals surface area contributed by atoms with E-state index in [0.29, 0.717) is 0 Å². The summed E-state index contributed by atoms with van der Waals surface area (Å²) in [5.41, 5.74) is -2.10. The number of anilines is 1. The number of nitro benzene ring substituents is 1. The lowest BCUT2D eigenvalue weighted by molar-refractivity contribution is -0.384. The molecule has 0 spiro atoms. The van der Waals surface area contributed by atoms with E-state index >= 15 is 0 Å². The lowest BCUT2D eigenvalue weighted by atomic mass is 10.1. The van der Waals surface area contributed by atoms with Gasteiger partial charge in [-0.3, -0.25) is 14.9 Å². The summed E-state index contributed by atoms with van der Waals surface area (Å²) in [6.07, 6.45) is -4.67. The number of esters is 1. The summed E-state index contributed by atoms with van der Waals surface area (Å²) in [5.74, 6) is -1.51. The molecular formula is C19H17F3N2O5. The van der Waals surface area contributed by atoms with E-state index in [1.54, 1.807) is 6.92 Å². The third kappa shape index (κ3) is 5.09. The predicted octanol–water partition coefficient (Wildman–Crippen LogP) is 4.34. The van der Waals surface area contributed by atoms with Crippen LogP contribution in [0.25, 0.3) is 0 Å². The number of carbonyl (C=O) groups is 2. The molecule has 2 aromatic carbocycles. The monoisotopic (exact) mass is 410 g/mol. The number of amides is 1. The molecule has 0 unspecified atom stereocenters. The number of carbonyl (C=O) groups excluding carboxylic acids is 2. The average molecular weight is 410 g/mol. The second kappa shape index (κ2) is 8.72. The maximum Gasteiger partial charge on any atom is 0.416 e. The van der Waals surface area contributed by atoms with Gasteiger partial charge in [0, 0.05) is 13.0 Å². The lowest BCUT2D eigenvalue weighted by Crippen LogP contribution is -2.30. The zero-order valence-electron chi connectivity index (χ0n) is 15.5. The van der Waals surface area contributed by atoms with E-state index < -0.39 is 40.8 Å². The molecule has 0 aliphatic heterocycles. The van der Waals surface area contributed by atoms with Gasteiger partial charge in [-0.05, 0) is 30.7 Å². The van der Waals surface area contributed by atoms with E-state index in [2.05, 4.69) is 0 Å². The van der Waals surface area contributed by atoms with Gasteiger partial charge in [0.1, 0.15) is 5.69 Å². The Labute approximate surface area is 163 Å². The molecule has 0 aromatic heterocycles. The van der Waals surface area contributed by atoms with Crippen LogP contribution in [0.4, 0.5) is 24.5 Å². The van der Waals surface area contributed by atoms with Crippen LogP contribution in [0.5, 0.6) is 0 Å². The zero-order valence-corrected chi connectivity index (χ0v) is 15.5. The normalized spacial score (nSPS) is 11.1. The summed E-state index contributed by atoms with van der Waals surface area (Å²) < 4.78 is 44.7. The Kier molecular flexibility index (Phi) is 6.57. The van der Waals surface area contributed by atoms with Crippen molar-refractivity contribution in [3.63, 3.8) is 0 Å². The molecule has 7 nitrogen and oxygen atoms in total. The Bertz CT molecular complexity index is 944. The van der Waals surface area contributed by atoms with Crippen LogP contribution in [0, 0.1) is 10.1 Å². The molecule has 154 valence electrons. The highest BCUT2D eigenvalue weighted by Gasteiger charge is 2.34. The number of rotatable bonds is 6. The maximum atomic E-state index is 13.3. The van der Waals surface area contributed by atoms with Crippen LogP contribution < -0.4 is 4.90 Å². The fourth-order valence-corrected chi connectivity index (χ4v) is 2.71. The molecule has 0 N–H and O–H groups in total. The van der Waals surface area contributed by atoms with Crippen molar-refractivity contribution in [2.75, 3.05) is 11.5 Å². The largest absolute Gasteiger partial charge is 0.462 e. The molecule has 29 heavy (non-hydrogen) atoms. The number of nitrogens with zero attached hydrogens (tertiary/aromatic N) is 2. The fraction of sp³-hybridized carbons (Fsp3) is 0.263. The number of hydrogen-bond donors (Lipinski definition) is 0. The smallest absolute Gasteiger partial charge is 0.416 e. The van der Waals surface area contributed by atoms with Gasteiger partial charge in [-0.2, -0.15) is 13.2 Å². The SMILES string of the molecule is CCOC(=O)c1ccc([N+](=O)[O-])c(N(Cc2ccccc2C(F)(F)F)C(C)=O)c1. The van der Waals surface area contributed by atoms with Gasteiger partial charge in [0.05, 0.1) is 29.2 Å². The molecule has 2 rings (SSSR count). The van der Waals surface area contributed by atoms with Gasteiger partial charge in [0.15, 0.2) is 0 Å². The van der Waals surface area contributed by atoms with E-state index in [1.165, 1.54) is 18.2 Å². The first-order valence-corrected chi connectivity index (χ1v) is 8.45. The Hall–Kier alpha value is -3.43. The van der Waals surface area contributed by atoms with Crippen molar-refractivity contribution in [1.29, 1.82) is 0 Å². The Morgan fingerprint density at radius 2 is 1.83 bits per heavy atom. The summed E-state index contributed by atoms with van der Waals surface area (Å²) in [5, 5.41) is 11.4. The molecule has 1 amide bonds. The molecular weight excluding hydrogens is 393 g/mol. The van der Waals surface area contributed by atoms with Crippen LogP contribution in [0.15, 0.2) is 42.5 Å². The highest BCUT2D eigenvalue weighted by Crippen LogP contribution is 2.35. The third-order valence-corrected chi connectivity index (χ3v) is 4.01. The molecule has 0 radical (unpaired) electrons. The summed E-state index contributed by atoms with van der Waals surface area (Å²) in [7, 11) is 0. The van der Waals surface area contributed by atoms with Gasteiger partial charge in [-0.25, -0.2) is 4.79 Å². The fourth-order valence-electron chi connectivity index (χ4n) is 2.71. The van der Waals surface area contributed by atoms with E-state index in [9.17, 15) is 32.9 Å². The van der Waals surface area contributed by atoms with Gasteiger partial charge in [0.2, 0.25) is 5.91 Å². The minimum atomic E-state index is -4.67. The van der Waals surface area contributed by atoms with Gasteiger partial charge >= 0.3 is 12.1 Å². The van der Waals surface area contributed by atoms with Crippen molar-refractivity contribution in [3.8, 4) is 0 Å². The van der Waals surface area contributed by atoms with E-state index in [0.717, 1.165) is 36.1 Å². The summed E-state index contributed by atoms with van der Waals surface area (Å²) >= 11 is 0. The molecule has 0 saturated carbocycles. The van der Waals surface area contributed by atoms with Crippen molar-refractivity contribution in [3.05, 3.63) is 69.3 Å². The molecule has 0 fully saturated rings. The maximum absolute atomic E-state index is 13.3. The second-order valence-electron chi connectivity index (χ2n) is 5.94. The predicted molar refractivity (Wildman–Crippen MR) is 97.4 cm³/mol. The minimum Gasteiger partial charge on any atom is -0.462 e. The zero-order chi connectivity index (χ0) is 21.8. The lowest BCUT2D eigenvalue weighted by Gasteiger charge is -2.23. The molecule has 0 aliphatic rings.